The number of nitrogens with two attached hydrogens (primary N) is 1. The van der Waals surface area contributed by atoms with Gasteiger partial charge >= 0.3 is 0 Å². The zero-order valence-corrected chi connectivity index (χ0v) is 23.9. The highest BCUT2D eigenvalue weighted by Gasteiger charge is 2.54. The molecule has 0 radical (unpaired) electrons. The molecule has 1 aliphatic carbocycles. The summed E-state index contributed by atoms with van der Waals surface area (Å²) < 4.78 is 12.0. The van der Waals surface area contributed by atoms with Crippen molar-refractivity contribution in [2.24, 2.45) is 11.7 Å². The van der Waals surface area contributed by atoms with E-state index in [1.54, 1.807) is 7.11 Å². The highest BCUT2D eigenvalue weighted by atomic mass is 16.5. The fourth-order valence-electron chi connectivity index (χ4n) is 6.12. The van der Waals surface area contributed by atoms with E-state index in [-0.39, 0.29) is 12.0 Å². The molecule has 0 saturated heterocycles. The van der Waals surface area contributed by atoms with Crippen LogP contribution in [0.4, 0.5) is 0 Å². The minimum absolute atomic E-state index is 0.171. The third kappa shape index (κ3) is 6.71. The Morgan fingerprint density at radius 3 is 2.59 bits per heavy atom. The Balaban J connectivity index is 1.44. The number of fused-ring (bicyclic) bond motifs is 1. The Morgan fingerprint density at radius 2 is 1.90 bits per heavy atom. The molecule has 1 aliphatic rings. The maximum Gasteiger partial charge on any atom is 0.255 e. The van der Waals surface area contributed by atoms with Crippen LogP contribution in [0.2, 0.25) is 0 Å². The molecule has 3 atom stereocenters. The van der Waals surface area contributed by atoms with Crippen molar-refractivity contribution >= 4 is 16.7 Å². The monoisotopic (exact) mass is 534 g/mol. The molecular formula is C32H44N3O4+. The van der Waals surface area contributed by atoms with Crippen LogP contribution in [0.1, 0.15) is 50.3 Å². The minimum Gasteiger partial charge on any atom is -0.497 e. The quantitative estimate of drug-likeness (QED) is 0.329. The van der Waals surface area contributed by atoms with Gasteiger partial charge in [-0.1, -0.05) is 43.7 Å². The van der Waals surface area contributed by atoms with Crippen LogP contribution in [0.25, 0.3) is 10.8 Å². The van der Waals surface area contributed by atoms with Gasteiger partial charge in [0.1, 0.15) is 24.9 Å². The number of quaternary nitrogens is 1. The number of nitrogens with zero attached hydrogens (tertiary/aromatic N) is 2. The van der Waals surface area contributed by atoms with Crippen molar-refractivity contribution in [3.63, 3.8) is 0 Å². The van der Waals surface area contributed by atoms with Crippen LogP contribution in [-0.4, -0.2) is 66.5 Å². The van der Waals surface area contributed by atoms with Crippen LogP contribution in [0.3, 0.4) is 0 Å². The Labute approximate surface area is 232 Å². The van der Waals surface area contributed by atoms with Gasteiger partial charge in [0.05, 0.1) is 21.2 Å². The third-order valence-corrected chi connectivity index (χ3v) is 8.40. The number of methoxy groups -OCH3 is 1. The number of likely N-dealkylation sites (N-methyl/N-ethyl adjacent to an activating group) is 1. The first-order chi connectivity index (χ1) is 18.7. The number of amides is 1. The number of hydrogen-bond acceptors (Lipinski definition) is 5. The largest absolute Gasteiger partial charge is 0.497 e. The maximum atomic E-state index is 12.7. The van der Waals surface area contributed by atoms with Gasteiger partial charge in [0.25, 0.3) is 5.91 Å². The van der Waals surface area contributed by atoms with E-state index in [1.807, 2.05) is 42.5 Å². The molecule has 7 heteroatoms. The third-order valence-electron chi connectivity index (χ3n) is 8.40. The van der Waals surface area contributed by atoms with Gasteiger partial charge in [0.2, 0.25) is 5.88 Å². The molecule has 1 fully saturated rings. The van der Waals surface area contributed by atoms with Crippen molar-refractivity contribution in [2.75, 3.05) is 34.4 Å². The van der Waals surface area contributed by atoms with Gasteiger partial charge in [0, 0.05) is 17.5 Å². The summed E-state index contributed by atoms with van der Waals surface area (Å²) in [5.74, 6) is 0.987. The van der Waals surface area contributed by atoms with Crippen LogP contribution in [0, 0.1) is 5.92 Å². The number of carbonyl (C=O) groups excluding carboxylic acids is 1. The molecule has 3 aromatic rings. The molecular weight excluding hydrogens is 490 g/mol. The number of unbranched alkanes of at least 4 members (excludes halogenated alkanes) is 1. The molecule has 2 aromatic carbocycles. The van der Waals surface area contributed by atoms with Gasteiger partial charge in [-0.25, -0.2) is 4.98 Å². The molecule has 0 aliphatic heterocycles. The molecule has 3 N–H and O–H groups in total. The zero-order valence-electron chi connectivity index (χ0n) is 23.9. The van der Waals surface area contributed by atoms with Gasteiger partial charge in [0.15, 0.2) is 5.60 Å². The maximum absolute atomic E-state index is 12.7. The number of aromatic nitrogens is 1. The Hall–Kier alpha value is -3.16. The van der Waals surface area contributed by atoms with Gasteiger partial charge in [-0.3, -0.25) is 4.79 Å². The summed E-state index contributed by atoms with van der Waals surface area (Å²) in [6.07, 6.45) is 5.89. The van der Waals surface area contributed by atoms with E-state index in [2.05, 4.69) is 33.2 Å². The van der Waals surface area contributed by atoms with E-state index < -0.39 is 11.5 Å². The van der Waals surface area contributed by atoms with E-state index in [4.69, 9.17) is 20.2 Å². The summed E-state index contributed by atoms with van der Waals surface area (Å²) in [7, 11) is 5.75. The van der Waals surface area contributed by atoms with Gasteiger partial charge in [-0.15, -0.1) is 0 Å². The predicted octanol–water partition coefficient (Wildman–Crippen LogP) is 4.67. The molecule has 1 aromatic heterocycles. The van der Waals surface area contributed by atoms with Crippen molar-refractivity contribution in [2.45, 2.75) is 63.5 Å². The predicted molar refractivity (Wildman–Crippen MR) is 155 cm³/mol. The lowest BCUT2D eigenvalue weighted by Gasteiger charge is -2.49. The van der Waals surface area contributed by atoms with E-state index in [9.17, 15) is 9.90 Å². The smallest absolute Gasteiger partial charge is 0.255 e. The summed E-state index contributed by atoms with van der Waals surface area (Å²) in [6.45, 7) is 3.21. The molecule has 39 heavy (non-hydrogen) atoms. The van der Waals surface area contributed by atoms with E-state index in [0.29, 0.717) is 36.4 Å². The average Bonchev–Trinajstić information content (AvgIpc) is 2.92. The lowest BCUT2D eigenvalue weighted by molar-refractivity contribution is -0.922. The fraction of sp³-hybridized carbons (Fsp3) is 0.500. The number of aliphatic hydroxyl groups is 1. The molecule has 210 valence electrons. The highest BCUT2D eigenvalue weighted by Crippen LogP contribution is 2.39. The number of ether oxygens (including phenoxy) is 2. The summed E-state index contributed by atoms with van der Waals surface area (Å²) in [5, 5.41) is 13.8. The van der Waals surface area contributed by atoms with Gasteiger partial charge < -0.3 is 24.8 Å². The first kappa shape index (κ1) is 28.8. The topological polar surface area (TPSA) is 94.7 Å². The molecule has 1 unspecified atom stereocenters. The van der Waals surface area contributed by atoms with E-state index in [0.717, 1.165) is 59.9 Å². The van der Waals surface area contributed by atoms with Crippen molar-refractivity contribution in [3.05, 3.63) is 65.9 Å². The van der Waals surface area contributed by atoms with E-state index >= 15 is 0 Å². The van der Waals surface area contributed by atoms with E-state index in [1.165, 1.54) is 0 Å². The molecule has 1 saturated carbocycles. The van der Waals surface area contributed by atoms with Crippen molar-refractivity contribution < 1.29 is 23.9 Å². The second-order valence-corrected chi connectivity index (χ2v) is 11.6. The number of carbonyl (C=O) groups is 1. The Bertz CT molecular complexity index is 1260. The zero-order chi connectivity index (χ0) is 28.0. The fourth-order valence-corrected chi connectivity index (χ4v) is 6.12. The SMILES string of the molecule is CCCCc1cc2ccccc2c(OCC[N+](C)(C)[C@H]2CCC(Cc3ccc(OC)cc3)C[C@@]2(O)C(N)=O)n1. The molecule has 0 spiro atoms. The van der Waals surface area contributed by atoms with Crippen LogP contribution in [0.15, 0.2) is 54.6 Å². The van der Waals surface area contributed by atoms with Crippen LogP contribution >= 0.6 is 0 Å². The van der Waals surface area contributed by atoms with Gasteiger partial charge in [-0.2, -0.15) is 0 Å². The van der Waals surface area contributed by atoms with Crippen LogP contribution in [-0.2, 0) is 17.6 Å². The lowest BCUT2D eigenvalue weighted by Crippen LogP contribution is -2.68. The Kier molecular flexibility index (Phi) is 9.13. The molecule has 1 heterocycles. The number of hydrogen-bond donors (Lipinski definition) is 2. The molecule has 7 nitrogen and oxygen atoms in total. The summed E-state index contributed by atoms with van der Waals surface area (Å²) >= 11 is 0. The lowest BCUT2D eigenvalue weighted by atomic mass is 9.71. The number of aryl methyl sites for hydroxylation is 1. The first-order valence-corrected chi connectivity index (χ1v) is 14.2. The average molecular weight is 535 g/mol. The van der Waals surface area contributed by atoms with Gasteiger partial charge in [-0.05, 0) is 73.2 Å². The number of primary amides is 1. The minimum atomic E-state index is -1.58. The van der Waals surface area contributed by atoms with Crippen LogP contribution < -0.4 is 15.2 Å². The highest BCUT2D eigenvalue weighted by molar-refractivity contribution is 5.87. The van der Waals surface area contributed by atoms with Crippen molar-refractivity contribution in [3.8, 4) is 11.6 Å². The molecule has 0 bridgehead atoms. The molecule has 4 rings (SSSR count). The second kappa shape index (κ2) is 12.3. The first-order valence-electron chi connectivity index (χ1n) is 14.2. The number of benzene rings is 2. The summed E-state index contributed by atoms with van der Waals surface area (Å²) in [5.41, 5.74) is 6.48. The van der Waals surface area contributed by atoms with Crippen LogP contribution in [0.5, 0.6) is 11.6 Å². The normalized spacial score (nSPS) is 21.6. The number of pyridine rings is 1. The van der Waals surface area contributed by atoms with Crippen molar-refractivity contribution in [1.82, 2.24) is 4.98 Å². The summed E-state index contributed by atoms with van der Waals surface area (Å²) in [4.78, 5) is 17.5. The number of rotatable bonds is 12. The Morgan fingerprint density at radius 1 is 1.15 bits per heavy atom. The summed E-state index contributed by atoms with van der Waals surface area (Å²) in [6, 6.07) is 18.0. The van der Waals surface area contributed by atoms with Crippen molar-refractivity contribution in [1.29, 1.82) is 0 Å². The molecule has 1 amide bonds. The standard InChI is InChI=1S/C32H43N3O4/c1-5-6-10-26-21-25-9-7-8-11-28(25)30(34-26)39-19-18-35(2,3)29-17-14-24(22-32(29,37)31(33)36)20-23-12-15-27(38-4)16-13-23/h7-9,11-13,15-16,21,24,29,37H,5-6,10,14,17-20,22H2,1-4H3,(H-,33,36)/p+1/t24?,29-,32-/m0/s1. The second-order valence-electron chi connectivity index (χ2n) is 11.6.